The predicted octanol–water partition coefficient (Wildman–Crippen LogP) is 4.03. The molecule has 6 heteroatoms. The molecule has 1 aliphatic heterocycles. The summed E-state index contributed by atoms with van der Waals surface area (Å²) in [6.45, 7) is 4.22. The van der Waals surface area contributed by atoms with Gasteiger partial charge in [-0.2, -0.15) is 5.26 Å². The van der Waals surface area contributed by atoms with E-state index in [-0.39, 0.29) is 5.91 Å². The van der Waals surface area contributed by atoms with Crippen LogP contribution in [-0.4, -0.2) is 37.6 Å². The van der Waals surface area contributed by atoms with E-state index in [0.717, 1.165) is 19.6 Å². The van der Waals surface area contributed by atoms with Gasteiger partial charge in [0.25, 0.3) is 0 Å². The average Bonchev–Trinajstić information content (AvgIpc) is 2.82. The molecule has 0 radical (unpaired) electrons. The molecule has 164 valence electrons. The van der Waals surface area contributed by atoms with Crippen LogP contribution in [0.25, 0.3) is 0 Å². The minimum atomic E-state index is 0.0168. The maximum atomic E-state index is 12.3. The molecule has 0 aromatic heterocycles. The number of benzene rings is 2. The first-order chi connectivity index (χ1) is 15.2. The van der Waals surface area contributed by atoms with Crippen LogP contribution in [0, 0.1) is 11.3 Å². The zero-order chi connectivity index (χ0) is 21.9. The van der Waals surface area contributed by atoms with Crippen molar-refractivity contribution in [2.75, 3.05) is 26.8 Å². The molecule has 1 heterocycles. The number of piperidine rings is 1. The number of rotatable bonds is 10. The van der Waals surface area contributed by atoms with E-state index < -0.39 is 0 Å². The van der Waals surface area contributed by atoms with Gasteiger partial charge in [0.2, 0.25) is 5.91 Å². The maximum absolute atomic E-state index is 12.3. The van der Waals surface area contributed by atoms with Crippen molar-refractivity contribution >= 4 is 5.91 Å². The van der Waals surface area contributed by atoms with Gasteiger partial charge in [-0.1, -0.05) is 30.7 Å². The molecule has 3 rings (SSSR count). The molecule has 6 nitrogen and oxygen atoms in total. The summed E-state index contributed by atoms with van der Waals surface area (Å²) in [7, 11) is 1.54. The standard InChI is InChI=1S/C25H31N3O3/c1-30-24-16-20(17-26)11-12-23(24)31-15-7-10-25(29)27-18-21-8-3-4-9-22(21)19-28-13-5-2-6-14-28/h3-4,8-9,11-12,16H,2,5-7,10,13-15,18-19H2,1H3,(H,27,29). The van der Waals surface area contributed by atoms with Crippen molar-refractivity contribution in [1.29, 1.82) is 5.26 Å². The number of nitriles is 1. The Morgan fingerprint density at radius 2 is 1.87 bits per heavy atom. The van der Waals surface area contributed by atoms with Gasteiger partial charge in [-0.15, -0.1) is 0 Å². The molecule has 0 spiro atoms. The van der Waals surface area contributed by atoms with Crippen LogP contribution < -0.4 is 14.8 Å². The lowest BCUT2D eigenvalue weighted by atomic mass is 10.0. The Kier molecular flexibility index (Phi) is 8.74. The first-order valence-corrected chi connectivity index (χ1v) is 11.0. The van der Waals surface area contributed by atoms with Crippen LogP contribution in [0.1, 0.15) is 48.8 Å². The number of hydrogen-bond acceptors (Lipinski definition) is 5. The second kappa shape index (κ2) is 12.0. The highest BCUT2D eigenvalue weighted by Crippen LogP contribution is 2.28. The largest absolute Gasteiger partial charge is 0.493 e. The van der Waals surface area contributed by atoms with Crippen molar-refractivity contribution in [2.24, 2.45) is 0 Å². The second-order valence-electron chi connectivity index (χ2n) is 7.81. The van der Waals surface area contributed by atoms with Crippen molar-refractivity contribution in [3.05, 3.63) is 59.2 Å². The molecule has 0 saturated carbocycles. The van der Waals surface area contributed by atoms with E-state index in [2.05, 4.69) is 34.5 Å². The molecule has 1 N–H and O–H groups in total. The monoisotopic (exact) mass is 421 g/mol. The summed E-state index contributed by atoms with van der Waals surface area (Å²) in [5.74, 6) is 1.12. The number of amides is 1. The van der Waals surface area contributed by atoms with E-state index in [1.807, 2.05) is 6.07 Å². The van der Waals surface area contributed by atoms with Crippen molar-refractivity contribution in [1.82, 2.24) is 10.2 Å². The Hall–Kier alpha value is -3.04. The molecule has 2 aromatic carbocycles. The SMILES string of the molecule is COc1cc(C#N)ccc1OCCCC(=O)NCc1ccccc1CN1CCCCC1. The molecule has 0 unspecified atom stereocenters. The number of methoxy groups -OCH3 is 1. The third kappa shape index (κ3) is 7.01. The third-order valence-corrected chi connectivity index (χ3v) is 5.54. The zero-order valence-corrected chi connectivity index (χ0v) is 18.2. The number of hydrogen-bond donors (Lipinski definition) is 1. The fraction of sp³-hybridized carbons (Fsp3) is 0.440. The maximum Gasteiger partial charge on any atom is 0.220 e. The van der Waals surface area contributed by atoms with Gasteiger partial charge < -0.3 is 14.8 Å². The second-order valence-corrected chi connectivity index (χ2v) is 7.81. The quantitative estimate of drug-likeness (QED) is 0.586. The van der Waals surface area contributed by atoms with Gasteiger partial charge in [-0.3, -0.25) is 9.69 Å². The van der Waals surface area contributed by atoms with Gasteiger partial charge in [0.05, 0.1) is 25.3 Å². The summed E-state index contributed by atoms with van der Waals surface area (Å²) in [4.78, 5) is 14.8. The van der Waals surface area contributed by atoms with Crippen LogP contribution in [0.15, 0.2) is 42.5 Å². The molecule has 1 saturated heterocycles. The molecule has 1 fully saturated rings. The minimum Gasteiger partial charge on any atom is -0.493 e. The fourth-order valence-corrected chi connectivity index (χ4v) is 3.80. The summed E-state index contributed by atoms with van der Waals surface area (Å²) in [5, 5.41) is 12.0. The molecule has 0 atom stereocenters. The Morgan fingerprint density at radius 1 is 1.10 bits per heavy atom. The molecule has 1 aliphatic rings. The number of ether oxygens (including phenoxy) is 2. The highest BCUT2D eigenvalue weighted by molar-refractivity contribution is 5.75. The van der Waals surface area contributed by atoms with Gasteiger partial charge in [-0.05, 0) is 55.6 Å². The van der Waals surface area contributed by atoms with Crippen LogP contribution >= 0.6 is 0 Å². The van der Waals surface area contributed by atoms with E-state index in [9.17, 15) is 4.79 Å². The van der Waals surface area contributed by atoms with E-state index in [0.29, 0.717) is 43.1 Å². The van der Waals surface area contributed by atoms with Crippen molar-refractivity contribution in [3.8, 4) is 17.6 Å². The topological polar surface area (TPSA) is 74.6 Å². The van der Waals surface area contributed by atoms with Crippen LogP contribution in [0.4, 0.5) is 0 Å². The summed E-state index contributed by atoms with van der Waals surface area (Å²) in [6.07, 6.45) is 4.87. The van der Waals surface area contributed by atoms with Crippen LogP contribution in [0.3, 0.4) is 0 Å². The van der Waals surface area contributed by atoms with E-state index in [4.69, 9.17) is 14.7 Å². The number of nitrogens with one attached hydrogen (secondary N) is 1. The van der Waals surface area contributed by atoms with Crippen molar-refractivity contribution in [2.45, 2.75) is 45.2 Å². The summed E-state index contributed by atoms with van der Waals surface area (Å²) < 4.78 is 11.0. The predicted molar refractivity (Wildman–Crippen MR) is 120 cm³/mol. The van der Waals surface area contributed by atoms with E-state index >= 15 is 0 Å². The lowest BCUT2D eigenvalue weighted by Gasteiger charge is -2.27. The van der Waals surface area contributed by atoms with Crippen molar-refractivity contribution in [3.63, 3.8) is 0 Å². The molecule has 2 aromatic rings. The average molecular weight is 422 g/mol. The van der Waals surface area contributed by atoms with Gasteiger partial charge in [-0.25, -0.2) is 0 Å². The minimum absolute atomic E-state index is 0.0168. The van der Waals surface area contributed by atoms with Crippen LogP contribution in [-0.2, 0) is 17.9 Å². The lowest BCUT2D eigenvalue weighted by molar-refractivity contribution is -0.121. The van der Waals surface area contributed by atoms with Gasteiger partial charge >= 0.3 is 0 Å². The van der Waals surface area contributed by atoms with Gasteiger partial charge in [0.1, 0.15) is 0 Å². The van der Waals surface area contributed by atoms with Gasteiger partial charge in [0.15, 0.2) is 11.5 Å². The smallest absolute Gasteiger partial charge is 0.220 e. The summed E-state index contributed by atoms with van der Waals surface area (Å²) >= 11 is 0. The molecular formula is C25H31N3O3. The highest BCUT2D eigenvalue weighted by Gasteiger charge is 2.13. The Morgan fingerprint density at radius 3 is 2.61 bits per heavy atom. The van der Waals surface area contributed by atoms with E-state index in [1.165, 1.54) is 30.4 Å². The zero-order valence-electron chi connectivity index (χ0n) is 18.2. The molecular weight excluding hydrogens is 390 g/mol. The molecule has 0 aliphatic carbocycles. The first kappa shape index (κ1) is 22.6. The summed E-state index contributed by atoms with van der Waals surface area (Å²) in [6, 6.07) is 15.5. The van der Waals surface area contributed by atoms with E-state index in [1.54, 1.807) is 25.3 Å². The first-order valence-electron chi connectivity index (χ1n) is 11.0. The number of nitrogens with zero attached hydrogens (tertiary/aromatic N) is 2. The summed E-state index contributed by atoms with van der Waals surface area (Å²) in [5.41, 5.74) is 2.99. The number of carbonyl (C=O) groups excluding carboxylic acids is 1. The highest BCUT2D eigenvalue weighted by atomic mass is 16.5. The number of carbonyl (C=O) groups is 1. The van der Waals surface area contributed by atoms with Gasteiger partial charge in [0, 0.05) is 25.6 Å². The Balaban J connectivity index is 1.41. The number of likely N-dealkylation sites (tertiary alicyclic amines) is 1. The molecule has 1 amide bonds. The molecule has 0 bridgehead atoms. The lowest BCUT2D eigenvalue weighted by Crippen LogP contribution is -2.30. The fourth-order valence-electron chi connectivity index (χ4n) is 3.80. The van der Waals surface area contributed by atoms with Crippen LogP contribution in [0.2, 0.25) is 0 Å². The Bertz CT molecular complexity index is 901. The third-order valence-electron chi connectivity index (χ3n) is 5.54. The Labute approximate surface area is 184 Å². The molecule has 31 heavy (non-hydrogen) atoms. The van der Waals surface area contributed by atoms with Crippen LogP contribution in [0.5, 0.6) is 11.5 Å². The van der Waals surface area contributed by atoms with Crippen molar-refractivity contribution < 1.29 is 14.3 Å². The normalized spacial score (nSPS) is 13.9.